The van der Waals surface area contributed by atoms with Gasteiger partial charge in [-0.15, -0.1) is 11.3 Å². The first-order valence-electron chi connectivity index (χ1n) is 13.9. The van der Waals surface area contributed by atoms with Crippen LogP contribution in [0.25, 0.3) is 50.6 Å². The third-order valence-corrected chi connectivity index (χ3v) is 8.73. The first-order valence-corrected chi connectivity index (χ1v) is 14.7. The van der Waals surface area contributed by atoms with Crippen molar-refractivity contribution in [2.45, 2.75) is 52.1 Å². The molecule has 6 rings (SSSR count). The highest BCUT2D eigenvalue weighted by atomic mass is 32.1. The molecule has 0 amide bonds. The van der Waals surface area contributed by atoms with Crippen molar-refractivity contribution in [3.05, 3.63) is 76.1 Å². The van der Waals surface area contributed by atoms with E-state index < -0.39 is 0 Å². The van der Waals surface area contributed by atoms with Crippen LogP contribution in [-0.2, 0) is 0 Å². The number of ether oxygens (including phenoxy) is 1. The van der Waals surface area contributed by atoms with Crippen LogP contribution in [-0.4, -0.2) is 37.0 Å². The average molecular weight is 565 g/mol. The minimum absolute atomic E-state index is 0.0615. The molecule has 0 spiro atoms. The van der Waals surface area contributed by atoms with Gasteiger partial charge < -0.3 is 15.5 Å². The van der Waals surface area contributed by atoms with Crippen LogP contribution in [0.1, 0.15) is 61.2 Å². The second-order valence-electron chi connectivity index (χ2n) is 10.3. The standard InChI is InChI=1S/C32H32N6O2S/c1-3-27-26(14-20(16-33)21-13-23(18-34-17-21)40-22-7-5-4-6-8-22)31(38-37-27)28-15-25-24(11-12-35-32(25)36-28)30-10-9-29(41-30)19(2)39/h3,9-18,22,37H,4-8,33H2,1-2H3,(H,35,36)/b20-16+,26-14+,27-3-. The third-order valence-electron chi connectivity index (χ3n) is 7.51. The molecule has 9 heteroatoms. The van der Waals surface area contributed by atoms with E-state index in [-0.39, 0.29) is 11.9 Å². The van der Waals surface area contributed by atoms with Crippen molar-refractivity contribution < 1.29 is 9.53 Å². The van der Waals surface area contributed by atoms with Gasteiger partial charge in [-0.25, -0.2) is 4.98 Å². The smallest absolute Gasteiger partial charge is 0.169 e. The minimum Gasteiger partial charge on any atom is -0.489 e. The molecular formula is C32H32N6O2S. The first kappa shape index (κ1) is 26.7. The normalized spacial score (nSPS) is 15.6. The lowest BCUT2D eigenvalue weighted by Crippen LogP contribution is -2.23. The highest BCUT2D eigenvalue weighted by Crippen LogP contribution is 2.34. The fourth-order valence-corrected chi connectivity index (χ4v) is 6.32. The van der Waals surface area contributed by atoms with Gasteiger partial charge in [0, 0.05) is 45.2 Å². The molecule has 0 unspecified atom stereocenters. The van der Waals surface area contributed by atoms with Gasteiger partial charge in [0.1, 0.15) is 17.1 Å². The molecule has 5 heterocycles. The molecule has 1 saturated carbocycles. The lowest BCUT2D eigenvalue weighted by atomic mass is 9.98. The molecule has 0 bridgehead atoms. The molecular weight excluding hydrogens is 532 g/mol. The molecule has 0 aliphatic heterocycles. The predicted octanol–water partition coefficient (Wildman–Crippen LogP) is 5.57. The van der Waals surface area contributed by atoms with E-state index in [2.05, 4.69) is 31.2 Å². The number of H-pyrrole nitrogens is 2. The van der Waals surface area contributed by atoms with Gasteiger partial charge in [0.05, 0.1) is 28.2 Å². The van der Waals surface area contributed by atoms with E-state index in [4.69, 9.17) is 10.5 Å². The maximum Gasteiger partial charge on any atom is 0.169 e. The van der Waals surface area contributed by atoms with E-state index in [0.29, 0.717) is 0 Å². The quantitative estimate of drug-likeness (QED) is 0.222. The number of Topliss-reactive ketones (excluding diaryl/α,β-unsaturated/α-hetero) is 1. The number of pyridine rings is 2. The number of nitrogens with one attached hydrogen (secondary N) is 2. The number of aromatic nitrogens is 5. The van der Waals surface area contributed by atoms with Crippen molar-refractivity contribution >= 4 is 45.9 Å². The Morgan fingerprint density at radius 2 is 2.00 bits per heavy atom. The van der Waals surface area contributed by atoms with Crippen LogP contribution in [0, 0.1) is 0 Å². The van der Waals surface area contributed by atoms with Gasteiger partial charge in [-0.1, -0.05) is 12.5 Å². The maximum absolute atomic E-state index is 11.9. The number of hydrogen-bond donors (Lipinski definition) is 3. The summed E-state index contributed by atoms with van der Waals surface area (Å²) in [6, 6.07) is 9.89. The zero-order chi connectivity index (χ0) is 28.3. The molecule has 0 aromatic carbocycles. The summed E-state index contributed by atoms with van der Waals surface area (Å²) < 4.78 is 6.26. The number of carbonyl (C=O) groups excluding carboxylic acids is 1. The Hall–Kier alpha value is -4.50. The van der Waals surface area contributed by atoms with Gasteiger partial charge in [0.25, 0.3) is 0 Å². The van der Waals surface area contributed by atoms with Crippen LogP contribution >= 0.6 is 11.3 Å². The molecule has 1 fully saturated rings. The molecule has 5 aromatic heterocycles. The van der Waals surface area contributed by atoms with E-state index in [1.165, 1.54) is 30.6 Å². The minimum atomic E-state index is 0.0615. The van der Waals surface area contributed by atoms with Crippen molar-refractivity contribution in [1.29, 1.82) is 0 Å². The van der Waals surface area contributed by atoms with Crippen molar-refractivity contribution in [3.8, 4) is 27.6 Å². The number of carbonyl (C=O) groups is 1. The van der Waals surface area contributed by atoms with E-state index in [1.807, 2.05) is 43.3 Å². The summed E-state index contributed by atoms with van der Waals surface area (Å²) in [4.78, 5) is 26.1. The summed E-state index contributed by atoms with van der Waals surface area (Å²) in [6.45, 7) is 3.55. The van der Waals surface area contributed by atoms with Crippen LogP contribution in [0.3, 0.4) is 0 Å². The van der Waals surface area contributed by atoms with Crippen LogP contribution < -0.4 is 21.0 Å². The largest absolute Gasteiger partial charge is 0.489 e. The van der Waals surface area contributed by atoms with Crippen LogP contribution in [0.2, 0.25) is 0 Å². The number of rotatable bonds is 7. The third kappa shape index (κ3) is 5.45. The lowest BCUT2D eigenvalue weighted by Gasteiger charge is -2.23. The second kappa shape index (κ2) is 11.5. The topological polar surface area (TPSA) is 123 Å². The van der Waals surface area contributed by atoms with E-state index in [0.717, 1.165) is 78.0 Å². The number of ketones is 1. The second-order valence-corrected chi connectivity index (χ2v) is 11.3. The van der Waals surface area contributed by atoms with E-state index in [1.54, 1.807) is 31.7 Å². The fourth-order valence-electron chi connectivity index (χ4n) is 5.38. The van der Waals surface area contributed by atoms with Gasteiger partial charge in [-0.2, -0.15) is 5.10 Å². The molecule has 1 aliphatic rings. The van der Waals surface area contributed by atoms with Gasteiger partial charge in [-0.05, 0) is 81.5 Å². The van der Waals surface area contributed by atoms with Gasteiger partial charge >= 0.3 is 0 Å². The maximum atomic E-state index is 11.9. The molecule has 1 aliphatic carbocycles. The molecule has 5 aromatic rings. The number of allylic oxidation sites excluding steroid dienone is 1. The Kier molecular flexibility index (Phi) is 7.52. The molecule has 41 heavy (non-hydrogen) atoms. The van der Waals surface area contributed by atoms with Crippen LogP contribution in [0.4, 0.5) is 0 Å². The zero-order valence-corrected chi connectivity index (χ0v) is 23.9. The Bertz CT molecular complexity index is 1870. The lowest BCUT2D eigenvalue weighted by molar-refractivity contribution is 0.102. The molecule has 0 radical (unpaired) electrons. The van der Waals surface area contributed by atoms with E-state index in [9.17, 15) is 4.79 Å². The summed E-state index contributed by atoms with van der Waals surface area (Å²) in [6.07, 6.45) is 17.0. The number of fused-ring (bicyclic) bond motifs is 1. The molecule has 208 valence electrons. The Labute approximate surface area is 241 Å². The summed E-state index contributed by atoms with van der Waals surface area (Å²) in [5.41, 5.74) is 11.2. The number of nitrogens with zero attached hydrogens (tertiary/aromatic N) is 3. The Morgan fingerprint density at radius 3 is 2.76 bits per heavy atom. The molecule has 0 atom stereocenters. The van der Waals surface area contributed by atoms with Crippen molar-refractivity contribution in [3.63, 3.8) is 0 Å². The van der Waals surface area contributed by atoms with Crippen molar-refractivity contribution in [2.75, 3.05) is 0 Å². The summed E-state index contributed by atoms with van der Waals surface area (Å²) in [5.74, 6) is 0.818. The van der Waals surface area contributed by atoms with Crippen LogP contribution in [0.15, 0.2) is 55.1 Å². The van der Waals surface area contributed by atoms with Crippen molar-refractivity contribution in [2.24, 2.45) is 5.73 Å². The number of hydrogen-bond acceptors (Lipinski definition) is 7. The molecule has 0 saturated heterocycles. The van der Waals surface area contributed by atoms with Gasteiger partial charge in [0.2, 0.25) is 0 Å². The number of aromatic amines is 2. The van der Waals surface area contributed by atoms with Crippen molar-refractivity contribution in [1.82, 2.24) is 25.1 Å². The fraction of sp³-hybridized carbons (Fsp3) is 0.250. The van der Waals surface area contributed by atoms with Gasteiger partial charge in [0.15, 0.2) is 5.78 Å². The molecule has 8 nitrogen and oxygen atoms in total. The zero-order valence-electron chi connectivity index (χ0n) is 23.1. The monoisotopic (exact) mass is 564 g/mol. The summed E-state index contributed by atoms with van der Waals surface area (Å²) in [7, 11) is 0. The predicted molar refractivity (Wildman–Crippen MR) is 165 cm³/mol. The first-order chi connectivity index (χ1) is 20.0. The molecule has 4 N–H and O–H groups in total. The number of nitrogens with two attached hydrogens (primary N) is 1. The number of thiophene rings is 1. The van der Waals surface area contributed by atoms with Crippen LogP contribution in [0.5, 0.6) is 5.75 Å². The summed E-state index contributed by atoms with van der Waals surface area (Å²) in [5, 5.41) is 10.5. The Balaban J connectivity index is 1.39. The van der Waals surface area contributed by atoms with Gasteiger partial charge in [-0.3, -0.25) is 14.9 Å². The highest BCUT2D eigenvalue weighted by molar-refractivity contribution is 7.17. The average Bonchev–Trinajstić information content (AvgIpc) is 3.74. The summed E-state index contributed by atoms with van der Waals surface area (Å²) >= 11 is 1.48. The highest BCUT2D eigenvalue weighted by Gasteiger charge is 2.17. The SMILES string of the molecule is C\C=c1/[nH]nc(-c2cc3c(-c4ccc(C(C)=O)s4)ccnc3[nH]2)/c1=C/C(=C\N)c1cncc(OC2CCCCC2)c1. The Morgan fingerprint density at radius 1 is 1.15 bits per heavy atom. The van der Waals surface area contributed by atoms with E-state index >= 15 is 0 Å².